The zero-order valence-electron chi connectivity index (χ0n) is 15.8. The van der Waals surface area contributed by atoms with Gasteiger partial charge in [-0.05, 0) is 62.3 Å². The highest BCUT2D eigenvalue weighted by Crippen LogP contribution is 2.40. The maximum absolute atomic E-state index is 6.26. The molecule has 5 nitrogen and oxygen atoms in total. The third-order valence-corrected chi connectivity index (χ3v) is 6.40. The molecule has 0 spiro atoms. The van der Waals surface area contributed by atoms with Gasteiger partial charge in [0.1, 0.15) is 16.4 Å². The molecule has 142 valence electrons. The number of rotatable bonds is 4. The van der Waals surface area contributed by atoms with Gasteiger partial charge < -0.3 is 14.5 Å². The molecule has 3 aromatic rings. The summed E-state index contributed by atoms with van der Waals surface area (Å²) in [5.41, 5.74) is 2.27. The lowest BCUT2D eigenvalue weighted by molar-refractivity contribution is 0.252. The zero-order valence-corrected chi connectivity index (χ0v) is 17.3. The molecule has 0 amide bonds. The molecule has 0 aliphatic carbocycles. The number of piperidine rings is 1. The molecule has 0 unspecified atom stereocenters. The van der Waals surface area contributed by atoms with E-state index in [-0.39, 0.29) is 0 Å². The molecule has 0 saturated carbocycles. The Balaban J connectivity index is 1.78. The van der Waals surface area contributed by atoms with E-state index >= 15 is 0 Å². The molecule has 0 atom stereocenters. The van der Waals surface area contributed by atoms with Crippen LogP contribution in [0.4, 0.5) is 5.82 Å². The maximum atomic E-state index is 6.26. The maximum Gasteiger partial charge on any atom is 0.225 e. The van der Waals surface area contributed by atoms with Crippen molar-refractivity contribution in [1.29, 1.82) is 0 Å². The normalized spacial score (nSPS) is 16.0. The van der Waals surface area contributed by atoms with Crippen molar-refractivity contribution >= 4 is 39.0 Å². The number of benzene rings is 1. The molecule has 4 rings (SSSR count). The molecule has 2 aromatic heterocycles. The Hall–Kier alpha value is -1.89. The van der Waals surface area contributed by atoms with E-state index in [1.54, 1.807) is 18.4 Å². The molecular formula is C20H23ClN4OS. The predicted octanol–water partition coefficient (Wildman–Crippen LogP) is 4.55. The van der Waals surface area contributed by atoms with Crippen molar-refractivity contribution < 1.29 is 4.74 Å². The third kappa shape index (κ3) is 3.61. The number of fused-ring (bicyclic) bond motifs is 1. The van der Waals surface area contributed by atoms with Crippen molar-refractivity contribution in [2.75, 3.05) is 39.2 Å². The van der Waals surface area contributed by atoms with Crippen LogP contribution in [0.2, 0.25) is 5.28 Å². The van der Waals surface area contributed by atoms with Gasteiger partial charge in [-0.2, -0.15) is 4.98 Å². The van der Waals surface area contributed by atoms with Gasteiger partial charge in [-0.3, -0.25) is 0 Å². The van der Waals surface area contributed by atoms with Gasteiger partial charge in [0, 0.05) is 24.0 Å². The molecule has 1 saturated heterocycles. The summed E-state index contributed by atoms with van der Waals surface area (Å²) >= 11 is 7.87. The molecule has 27 heavy (non-hydrogen) atoms. The molecule has 0 radical (unpaired) electrons. The van der Waals surface area contributed by atoms with Crippen LogP contribution in [0, 0.1) is 0 Å². The van der Waals surface area contributed by atoms with Crippen LogP contribution in [0.25, 0.3) is 21.3 Å². The van der Waals surface area contributed by atoms with Crippen molar-refractivity contribution in [2.24, 2.45) is 0 Å². The Morgan fingerprint density at radius 1 is 1.19 bits per heavy atom. The van der Waals surface area contributed by atoms with Gasteiger partial charge in [-0.15, -0.1) is 11.3 Å². The minimum Gasteiger partial charge on any atom is -0.497 e. The number of ether oxygens (including phenoxy) is 1. The number of anilines is 1. The minimum absolute atomic E-state index is 0.306. The van der Waals surface area contributed by atoms with Gasteiger partial charge in [0.05, 0.1) is 12.5 Å². The number of thiophene rings is 1. The molecule has 0 bridgehead atoms. The van der Waals surface area contributed by atoms with E-state index in [0.717, 1.165) is 58.8 Å². The van der Waals surface area contributed by atoms with Crippen LogP contribution in [-0.2, 0) is 0 Å². The van der Waals surface area contributed by atoms with E-state index in [2.05, 4.69) is 51.4 Å². The van der Waals surface area contributed by atoms with E-state index in [4.69, 9.17) is 16.3 Å². The van der Waals surface area contributed by atoms with E-state index in [0.29, 0.717) is 11.3 Å². The van der Waals surface area contributed by atoms with Crippen LogP contribution in [0.15, 0.2) is 29.6 Å². The van der Waals surface area contributed by atoms with Crippen LogP contribution in [0.5, 0.6) is 5.75 Å². The van der Waals surface area contributed by atoms with Crippen LogP contribution >= 0.6 is 22.9 Å². The molecular weight excluding hydrogens is 380 g/mol. The number of hydrogen-bond acceptors (Lipinski definition) is 6. The van der Waals surface area contributed by atoms with Crippen LogP contribution < -0.4 is 9.64 Å². The lowest BCUT2D eigenvalue weighted by Crippen LogP contribution is -2.42. The first kappa shape index (κ1) is 18.5. The predicted molar refractivity (Wildman–Crippen MR) is 113 cm³/mol. The molecule has 7 heteroatoms. The lowest BCUT2D eigenvalue weighted by atomic mass is 10.0. The summed E-state index contributed by atoms with van der Waals surface area (Å²) in [7, 11) is 5.99. The number of methoxy groups -OCH3 is 1. The first-order valence-corrected chi connectivity index (χ1v) is 10.3. The third-order valence-electron chi connectivity index (χ3n) is 5.36. The summed E-state index contributed by atoms with van der Waals surface area (Å²) in [4.78, 5) is 14.7. The van der Waals surface area contributed by atoms with Gasteiger partial charge in [0.25, 0.3) is 0 Å². The molecule has 1 fully saturated rings. The van der Waals surface area contributed by atoms with Gasteiger partial charge in [-0.25, -0.2) is 4.98 Å². The van der Waals surface area contributed by atoms with E-state index < -0.39 is 0 Å². The lowest BCUT2D eigenvalue weighted by Gasteiger charge is -2.36. The molecule has 0 N–H and O–H groups in total. The number of hydrogen-bond donors (Lipinski definition) is 0. The minimum atomic E-state index is 0.306. The molecule has 1 aliphatic rings. The largest absolute Gasteiger partial charge is 0.497 e. The Morgan fingerprint density at radius 2 is 1.89 bits per heavy atom. The van der Waals surface area contributed by atoms with Crippen molar-refractivity contribution in [1.82, 2.24) is 14.9 Å². The first-order valence-electron chi connectivity index (χ1n) is 9.07. The average Bonchev–Trinajstić information content (AvgIpc) is 3.11. The summed E-state index contributed by atoms with van der Waals surface area (Å²) in [5, 5.41) is 3.53. The van der Waals surface area contributed by atoms with E-state index in [1.807, 2.05) is 12.1 Å². The SMILES string of the molecule is COc1ccc(-c2csc3nc(Cl)nc(N(C)C4CCN(C)CC4)c23)cc1. The summed E-state index contributed by atoms with van der Waals surface area (Å²) in [6, 6.07) is 8.58. The highest BCUT2D eigenvalue weighted by atomic mass is 35.5. The summed E-state index contributed by atoms with van der Waals surface area (Å²) in [6.07, 6.45) is 2.25. The monoisotopic (exact) mass is 402 g/mol. The fourth-order valence-electron chi connectivity index (χ4n) is 3.69. The molecule has 3 heterocycles. The number of nitrogens with zero attached hydrogens (tertiary/aromatic N) is 4. The summed E-state index contributed by atoms with van der Waals surface area (Å²) in [5.74, 6) is 1.77. The van der Waals surface area contributed by atoms with Crippen molar-refractivity contribution in [3.8, 4) is 16.9 Å². The average molecular weight is 403 g/mol. The van der Waals surface area contributed by atoms with Gasteiger partial charge >= 0.3 is 0 Å². The van der Waals surface area contributed by atoms with E-state index in [1.165, 1.54) is 0 Å². The van der Waals surface area contributed by atoms with E-state index in [9.17, 15) is 0 Å². The fraction of sp³-hybridized carbons (Fsp3) is 0.400. The molecule has 1 aromatic carbocycles. The highest BCUT2D eigenvalue weighted by Gasteiger charge is 2.25. The number of likely N-dealkylation sites (tertiary alicyclic amines) is 1. The Kier molecular flexibility index (Phi) is 5.21. The highest BCUT2D eigenvalue weighted by molar-refractivity contribution is 7.17. The summed E-state index contributed by atoms with van der Waals surface area (Å²) in [6.45, 7) is 2.21. The molecule has 1 aliphatic heterocycles. The topological polar surface area (TPSA) is 41.5 Å². The second kappa shape index (κ2) is 7.62. The second-order valence-electron chi connectivity index (χ2n) is 7.02. The van der Waals surface area contributed by atoms with Crippen molar-refractivity contribution in [2.45, 2.75) is 18.9 Å². The fourth-order valence-corrected chi connectivity index (χ4v) is 4.85. The Labute approximate surface area is 168 Å². The Morgan fingerprint density at radius 3 is 2.56 bits per heavy atom. The second-order valence-corrected chi connectivity index (χ2v) is 8.22. The van der Waals surface area contributed by atoms with Gasteiger partial charge in [-0.1, -0.05) is 12.1 Å². The van der Waals surface area contributed by atoms with Crippen molar-refractivity contribution in [3.05, 3.63) is 34.9 Å². The Bertz CT molecular complexity index is 935. The van der Waals surface area contributed by atoms with Gasteiger partial charge in [0.15, 0.2) is 0 Å². The van der Waals surface area contributed by atoms with Crippen LogP contribution in [-0.4, -0.2) is 55.2 Å². The van der Waals surface area contributed by atoms with Crippen LogP contribution in [0.1, 0.15) is 12.8 Å². The van der Waals surface area contributed by atoms with Crippen molar-refractivity contribution in [3.63, 3.8) is 0 Å². The summed E-state index contributed by atoms with van der Waals surface area (Å²) < 4.78 is 5.29. The quantitative estimate of drug-likeness (QED) is 0.599. The number of aromatic nitrogens is 2. The standard InChI is InChI=1S/C20H23ClN4OS/c1-24-10-8-14(9-11-24)25(2)18-17-16(12-27-19(17)23-20(21)22-18)13-4-6-15(26-3)7-5-13/h4-7,12,14H,8-11H2,1-3H3. The van der Waals surface area contributed by atoms with Gasteiger partial charge in [0.2, 0.25) is 5.28 Å². The smallest absolute Gasteiger partial charge is 0.225 e. The van der Waals surface area contributed by atoms with Crippen LogP contribution in [0.3, 0.4) is 0 Å². The number of halogens is 1. The zero-order chi connectivity index (χ0) is 19.0. The first-order chi connectivity index (χ1) is 13.1.